The van der Waals surface area contributed by atoms with Gasteiger partial charge in [0.1, 0.15) is 6.10 Å². The number of fused-ring (bicyclic) bond motifs is 3. The van der Waals surface area contributed by atoms with Crippen LogP contribution in [0.4, 0.5) is 0 Å². The van der Waals surface area contributed by atoms with Crippen molar-refractivity contribution in [2.75, 3.05) is 6.61 Å². The molecule has 0 unspecified atom stereocenters. The molecule has 2 fully saturated rings. The van der Waals surface area contributed by atoms with Crippen LogP contribution < -0.4 is 0 Å². The predicted molar refractivity (Wildman–Crippen MR) is 124 cm³/mol. The molecule has 2 bridgehead atoms. The second-order valence-corrected chi connectivity index (χ2v) is 11.1. The number of hydrogen-bond donors (Lipinski definition) is 2. The summed E-state index contributed by atoms with van der Waals surface area (Å²) in [6.45, 7) is 12.4. The van der Waals surface area contributed by atoms with Crippen molar-refractivity contribution < 1.29 is 34.1 Å². The normalized spacial score (nSPS) is 45.2. The van der Waals surface area contributed by atoms with Crippen molar-refractivity contribution in [3.05, 3.63) is 34.9 Å². The Labute approximate surface area is 200 Å². The van der Waals surface area contributed by atoms with E-state index in [1.54, 1.807) is 45.9 Å². The van der Waals surface area contributed by atoms with Gasteiger partial charge in [0.05, 0.1) is 12.0 Å². The van der Waals surface area contributed by atoms with Crippen LogP contribution in [0.25, 0.3) is 0 Å². The van der Waals surface area contributed by atoms with Crippen molar-refractivity contribution in [1.29, 1.82) is 0 Å². The predicted octanol–water partition coefficient (Wildman–Crippen LogP) is 2.90. The smallest absolute Gasteiger partial charge is 0.334 e. The van der Waals surface area contributed by atoms with Gasteiger partial charge in [0.2, 0.25) is 0 Å². The molecule has 7 heteroatoms. The van der Waals surface area contributed by atoms with Crippen LogP contribution in [-0.2, 0) is 23.9 Å². The molecule has 0 aromatic rings. The fraction of sp³-hybridized carbons (Fsp3) is 0.667. The Hall–Kier alpha value is -2.25. The van der Waals surface area contributed by atoms with Gasteiger partial charge in [-0.2, -0.15) is 0 Å². The number of carbonyl (C=O) groups excluding carboxylic acids is 3. The summed E-state index contributed by atoms with van der Waals surface area (Å²) in [5.41, 5.74) is -2.35. The van der Waals surface area contributed by atoms with Gasteiger partial charge in [0.15, 0.2) is 17.5 Å². The van der Waals surface area contributed by atoms with Gasteiger partial charge in [0.25, 0.3) is 0 Å². The van der Waals surface area contributed by atoms with Gasteiger partial charge >= 0.3 is 11.9 Å². The first kappa shape index (κ1) is 24.9. The van der Waals surface area contributed by atoms with Crippen LogP contribution in [-0.4, -0.2) is 52.4 Å². The summed E-state index contributed by atoms with van der Waals surface area (Å²) in [7, 11) is 0. The van der Waals surface area contributed by atoms with Gasteiger partial charge in [-0.15, -0.1) is 0 Å². The number of carbonyl (C=O) groups is 3. The largest absolute Gasteiger partial charge is 0.465 e. The molecule has 9 atom stereocenters. The van der Waals surface area contributed by atoms with Gasteiger partial charge in [0, 0.05) is 23.8 Å². The molecule has 0 aromatic heterocycles. The van der Waals surface area contributed by atoms with E-state index >= 15 is 0 Å². The van der Waals surface area contributed by atoms with Crippen molar-refractivity contribution in [2.24, 2.45) is 34.5 Å². The van der Waals surface area contributed by atoms with E-state index < -0.39 is 35.1 Å². The minimum Gasteiger partial charge on any atom is -0.465 e. The molecule has 0 saturated heterocycles. The zero-order valence-corrected chi connectivity index (χ0v) is 21.0. The summed E-state index contributed by atoms with van der Waals surface area (Å²) < 4.78 is 11.1. The maximum atomic E-state index is 14.4. The van der Waals surface area contributed by atoms with Gasteiger partial charge in [-0.1, -0.05) is 32.1 Å². The minimum absolute atomic E-state index is 0.0637. The fourth-order valence-corrected chi connectivity index (χ4v) is 7.18. The van der Waals surface area contributed by atoms with Gasteiger partial charge in [-0.3, -0.25) is 9.59 Å². The molecule has 1 spiro atoms. The van der Waals surface area contributed by atoms with Gasteiger partial charge < -0.3 is 19.7 Å². The third-order valence-electron chi connectivity index (χ3n) is 9.20. The molecule has 0 amide bonds. The zero-order chi connectivity index (χ0) is 25.4. The molecule has 0 aliphatic heterocycles. The van der Waals surface area contributed by atoms with Crippen molar-refractivity contribution >= 4 is 17.7 Å². The second kappa shape index (κ2) is 7.89. The maximum Gasteiger partial charge on any atom is 0.334 e. The van der Waals surface area contributed by atoms with Gasteiger partial charge in [-0.05, 0) is 63.0 Å². The number of ketones is 1. The Kier molecular flexibility index (Phi) is 5.77. The lowest BCUT2D eigenvalue weighted by Crippen LogP contribution is -2.65. The molecule has 4 aliphatic rings. The molecule has 34 heavy (non-hydrogen) atoms. The first-order chi connectivity index (χ1) is 15.8. The fourth-order valence-electron chi connectivity index (χ4n) is 7.18. The van der Waals surface area contributed by atoms with Crippen LogP contribution in [0.5, 0.6) is 0 Å². The lowest BCUT2D eigenvalue weighted by Gasteiger charge is -2.48. The van der Waals surface area contributed by atoms with E-state index in [1.807, 2.05) is 13.8 Å². The highest BCUT2D eigenvalue weighted by molar-refractivity contribution is 5.96. The first-order valence-electron chi connectivity index (χ1n) is 12.1. The number of esters is 2. The summed E-state index contributed by atoms with van der Waals surface area (Å²) in [6.07, 6.45) is 3.22. The van der Waals surface area contributed by atoms with Crippen LogP contribution >= 0.6 is 0 Å². The monoisotopic (exact) mass is 472 g/mol. The van der Waals surface area contributed by atoms with E-state index in [-0.39, 0.29) is 41.5 Å². The van der Waals surface area contributed by atoms with Crippen molar-refractivity contribution in [3.63, 3.8) is 0 Å². The zero-order valence-electron chi connectivity index (χ0n) is 21.0. The van der Waals surface area contributed by atoms with E-state index in [4.69, 9.17) is 9.47 Å². The molecule has 0 heterocycles. The summed E-state index contributed by atoms with van der Waals surface area (Å²) in [4.78, 5) is 38.5. The maximum absolute atomic E-state index is 14.4. The second-order valence-electron chi connectivity index (χ2n) is 11.1. The molecule has 4 rings (SSSR count). The molecule has 0 radical (unpaired) electrons. The number of aliphatic hydroxyl groups is 2. The van der Waals surface area contributed by atoms with E-state index in [1.165, 1.54) is 6.92 Å². The highest BCUT2D eigenvalue weighted by Gasteiger charge is 2.77. The molecular weight excluding hydrogens is 436 g/mol. The van der Waals surface area contributed by atoms with Crippen LogP contribution in [0.3, 0.4) is 0 Å². The van der Waals surface area contributed by atoms with E-state index in [0.29, 0.717) is 23.1 Å². The Morgan fingerprint density at radius 1 is 1.24 bits per heavy atom. The summed E-state index contributed by atoms with van der Waals surface area (Å²) >= 11 is 0. The Balaban J connectivity index is 1.82. The molecule has 2 saturated carbocycles. The van der Waals surface area contributed by atoms with Crippen LogP contribution in [0.2, 0.25) is 0 Å². The summed E-state index contributed by atoms with van der Waals surface area (Å²) in [6, 6.07) is 0. The highest BCUT2D eigenvalue weighted by atomic mass is 16.6. The highest BCUT2D eigenvalue weighted by Crippen LogP contribution is 2.72. The van der Waals surface area contributed by atoms with Crippen LogP contribution in [0.1, 0.15) is 54.9 Å². The third kappa shape index (κ3) is 3.05. The SMILES string of the molecule is C/C=C(/C)C(=O)O[C@H]1C(C)=C[C@]23C(=O)[C@@H](C=C(C)[C@@H](O)[C@]12O)[C@H]1[C@@H](C[C@H]3C)[C@]1(C)COC(C)=O. The Bertz CT molecular complexity index is 1040. The van der Waals surface area contributed by atoms with Crippen LogP contribution in [0, 0.1) is 34.5 Å². The average Bonchev–Trinajstić information content (AvgIpc) is 3.31. The third-order valence-corrected chi connectivity index (χ3v) is 9.20. The number of allylic oxidation sites excluding steroid dienone is 2. The van der Waals surface area contributed by atoms with E-state index in [2.05, 4.69) is 0 Å². The number of ether oxygens (including phenoxy) is 2. The topological polar surface area (TPSA) is 110 Å². The van der Waals surface area contributed by atoms with Crippen LogP contribution in [0.15, 0.2) is 34.9 Å². The van der Waals surface area contributed by atoms with Gasteiger partial charge in [-0.25, -0.2) is 4.79 Å². The summed E-state index contributed by atoms with van der Waals surface area (Å²) in [5, 5.41) is 23.8. The lowest BCUT2D eigenvalue weighted by molar-refractivity contribution is -0.201. The number of hydrogen-bond acceptors (Lipinski definition) is 7. The number of Topliss-reactive ketones (excluding diaryl/α,β-unsaturated/α-hetero) is 1. The molecular formula is C27H36O7. The molecule has 186 valence electrons. The molecule has 7 nitrogen and oxygen atoms in total. The number of rotatable bonds is 4. The summed E-state index contributed by atoms with van der Waals surface area (Å²) in [5.74, 6) is -1.94. The lowest BCUT2D eigenvalue weighted by atomic mass is 9.59. The van der Waals surface area contributed by atoms with Crippen molar-refractivity contribution in [2.45, 2.75) is 72.7 Å². The Morgan fingerprint density at radius 2 is 1.88 bits per heavy atom. The molecule has 0 aromatic carbocycles. The van der Waals surface area contributed by atoms with E-state index in [0.717, 1.165) is 0 Å². The molecule has 4 aliphatic carbocycles. The van der Waals surface area contributed by atoms with E-state index in [9.17, 15) is 24.6 Å². The average molecular weight is 473 g/mol. The first-order valence-corrected chi connectivity index (χ1v) is 12.1. The van der Waals surface area contributed by atoms with Crippen molar-refractivity contribution in [3.8, 4) is 0 Å². The van der Waals surface area contributed by atoms with Crippen molar-refractivity contribution in [1.82, 2.24) is 0 Å². The Morgan fingerprint density at radius 3 is 2.47 bits per heavy atom. The number of aliphatic hydroxyl groups excluding tert-OH is 1. The quantitative estimate of drug-likeness (QED) is 0.368. The standard InChI is InChI=1S/C27H36O7/c1-8-13(2)24(31)34-23-15(4)11-26-16(5)10-19-20(25(19,7)12-33-17(6)28)18(22(26)30)9-14(3)21(29)27(23,26)32/h8-9,11,16,18-21,23,29,32H,10,12H2,1-7H3/b13-8-/t16-,18+,19-,20+,21-,23+,25+,26+,27+/m1/s1. The molecule has 2 N–H and O–H groups in total. The minimum atomic E-state index is -2.02.